The highest BCUT2D eigenvalue weighted by Gasteiger charge is 2.21. The zero-order valence-corrected chi connectivity index (χ0v) is 16.6. The van der Waals surface area contributed by atoms with E-state index < -0.39 is 5.97 Å². The van der Waals surface area contributed by atoms with Crippen molar-refractivity contribution in [2.75, 3.05) is 26.1 Å². The van der Waals surface area contributed by atoms with Crippen molar-refractivity contribution in [1.29, 1.82) is 0 Å². The number of esters is 2. The number of hydrogen-bond acceptors (Lipinski definition) is 8. The summed E-state index contributed by atoms with van der Waals surface area (Å²) in [7, 11) is 1.29. The van der Waals surface area contributed by atoms with E-state index in [9.17, 15) is 14.4 Å². The van der Waals surface area contributed by atoms with Gasteiger partial charge < -0.3 is 14.2 Å². The maximum atomic E-state index is 13.1. The first-order chi connectivity index (χ1) is 13.5. The van der Waals surface area contributed by atoms with Crippen LogP contribution < -0.4 is 5.56 Å². The van der Waals surface area contributed by atoms with Crippen molar-refractivity contribution in [3.05, 3.63) is 34.1 Å². The Labute approximate surface area is 166 Å². The Morgan fingerprint density at radius 2 is 2.21 bits per heavy atom. The summed E-state index contributed by atoms with van der Waals surface area (Å²) in [5.41, 5.74) is 0.450. The fourth-order valence-electron chi connectivity index (χ4n) is 3.03. The van der Waals surface area contributed by atoms with Crippen LogP contribution in [0.5, 0.6) is 0 Å². The molecule has 2 aromatic rings. The number of ether oxygens (including phenoxy) is 3. The molecule has 1 aliphatic rings. The number of nitrogens with zero attached hydrogens (tertiary/aromatic N) is 2. The molecule has 9 heteroatoms. The van der Waals surface area contributed by atoms with Gasteiger partial charge in [0.25, 0.3) is 5.56 Å². The van der Waals surface area contributed by atoms with Crippen molar-refractivity contribution in [2.45, 2.75) is 37.6 Å². The summed E-state index contributed by atoms with van der Waals surface area (Å²) in [5, 5.41) is 0.786. The van der Waals surface area contributed by atoms with Crippen LogP contribution in [0.3, 0.4) is 0 Å². The number of carbonyl (C=O) groups excluding carboxylic acids is 2. The smallest absolute Gasteiger partial charge is 0.337 e. The lowest BCUT2D eigenvalue weighted by Crippen LogP contribution is -2.29. The van der Waals surface area contributed by atoms with E-state index in [1.165, 1.54) is 13.2 Å². The lowest BCUT2D eigenvalue weighted by Gasteiger charge is -2.16. The van der Waals surface area contributed by atoms with Gasteiger partial charge in [0.2, 0.25) is 0 Å². The minimum Gasteiger partial charge on any atom is -0.465 e. The normalized spacial score (nSPS) is 16.3. The first kappa shape index (κ1) is 20.3. The Balaban J connectivity index is 2.01. The van der Waals surface area contributed by atoms with Crippen LogP contribution in [0, 0.1) is 0 Å². The summed E-state index contributed by atoms with van der Waals surface area (Å²) in [6.07, 6.45) is 1.76. The van der Waals surface area contributed by atoms with E-state index in [2.05, 4.69) is 4.98 Å². The molecule has 2 heterocycles. The van der Waals surface area contributed by atoms with Crippen molar-refractivity contribution >= 4 is 34.6 Å². The molecule has 1 fully saturated rings. The molecule has 150 valence electrons. The highest BCUT2D eigenvalue weighted by Crippen LogP contribution is 2.22. The zero-order chi connectivity index (χ0) is 20.1. The highest BCUT2D eigenvalue weighted by molar-refractivity contribution is 7.99. The third-order valence-electron chi connectivity index (χ3n) is 4.38. The number of hydrogen-bond donors (Lipinski definition) is 0. The van der Waals surface area contributed by atoms with Gasteiger partial charge in [-0.3, -0.25) is 14.2 Å². The summed E-state index contributed by atoms with van der Waals surface area (Å²) in [5.74, 6) is -0.852. The molecular weight excluding hydrogens is 384 g/mol. The Morgan fingerprint density at radius 3 is 2.89 bits per heavy atom. The predicted molar refractivity (Wildman–Crippen MR) is 104 cm³/mol. The van der Waals surface area contributed by atoms with Crippen LogP contribution >= 0.6 is 11.8 Å². The Bertz CT molecular complexity index is 936. The largest absolute Gasteiger partial charge is 0.465 e. The maximum Gasteiger partial charge on any atom is 0.337 e. The van der Waals surface area contributed by atoms with Crippen molar-refractivity contribution in [1.82, 2.24) is 9.55 Å². The summed E-state index contributed by atoms with van der Waals surface area (Å²) >= 11 is 1.13. The summed E-state index contributed by atoms with van der Waals surface area (Å²) < 4.78 is 16.9. The molecule has 8 nitrogen and oxygen atoms in total. The SMILES string of the molecule is CCOC(=O)CSc1nc2cc(C(=O)OC)ccc2c(=O)n1C[C@H]1CCCO1. The van der Waals surface area contributed by atoms with E-state index in [-0.39, 0.29) is 30.0 Å². The Kier molecular flexibility index (Phi) is 6.69. The summed E-state index contributed by atoms with van der Waals surface area (Å²) in [6.45, 7) is 3.06. The molecule has 0 amide bonds. The third-order valence-corrected chi connectivity index (χ3v) is 5.33. The summed E-state index contributed by atoms with van der Waals surface area (Å²) in [6, 6.07) is 4.63. The number of methoxy groups -OCH3 is 1. The zero-order valence-electron chi connectivity index (χ0n) is 15.8. The molecule has 0 aliphatic carbocycles. The molecule has 0 radical (unpaired) electrons. The molecule has 1 saturated heterocycles. The first-order valence-corrected chi connectivity index (χ1v) is 10.0. The molecule has 0 N–H and O–H groups in total. The minimum absolute atomic E-state index is 0.0357. The van der Waals surface area contributed by atoms with Crippen molar-refractivity contribution in [2.24, 2.45) is 0 Å². The summed E-state index contributed by atoms with van der Waals surface area (Å²) in [4.78, 5) is 41.2. The molecule has 0 saturated carbocycles. The van der Waals surface area contributed by atoms with Gasteiger partial charge in [0.15, 0.2) is 5.16 Å². The van der Waals surface area contributed by atoms with E-state index in [0.717, 1.165) is 24.6 Å². The molecule has 0 bridgehead atoms. The second-order valence-electron chi connectivity index (χ2n) is 6.26. The fraction of sp³-hybridized carbons (Fsp3) is 0.474. The maximum absolute atomic E-state index is 13.1. The van der Waals surface area contributed by atoms with Gasteiger partial charge in [-0.2, -0.15) is 0 Å². The van der Waals surface area contributed by atoms with E-state index in [4.69, 9.17) is 14.2 Å². The lowest BCUT2D eigenvalue weighted by molar-refractivity contribution is -0.139. The molecule has 1 aliphatic heterocycles. The van der Waals surface area contributed by atoms with Gasteiger partial charge >= 0.3 is 11.9 Å². The van der Waals surface area contributed by atoms with Gasteiger partial charge in [-0.05, 0) is 38.0 Å². The van der Waals surface area contributed by atoms with Gasteiger partial charge in [-0.1, -0.05) is 11.8 Å². The van der Waals surface area contributed by atoms with Crippen LogP contribution in [-0.2, 0) is 25.5 Å². The van der Waals surface area contributed by atoms with Crippen LogP contribution in [0.25, 0.3) is 10.9 Å². The number of rotatable bonds is 7. The lowest BCUT2D eigenvalue weighted by atomic mass is 10.1. The van der Waals surface area contributed by atoms with Gasteiger partial charge in [0.05, 0.1) is 48.6 Å². The Morgan fingerprint density at radius 1 is 1.39 bits per heavy atom. The van der Waals surface area contributed by atoms with Crippen molar-refractivity contribution in [3.8, 4) is 0 Å². The number of fused-ring (bicyclic) bond motifs is 1. The molecule has 3 rings (SSSR count). The number of thioether (sulfide) groups is 1. The van der Waals surface area contributed by atoms with Gasteiger partial charge in [0.1, 0.15) is 0 Å². The minimum atomic E-state index is -0.507. The predicted octanol–water partition coefficient (Wildman–Crippen LogP) is 2.02. The molecule has 1 atom stereocenters. The monoisotopic (exact) mass is 406 g/mol. The van der Waals surface area contributed by atoms with Crippen LogP contribution in [0.4, 0.5) is 0 Å². The average Bonchev–Trinajstić information content (AvgIpc) is 3.21. The van der Waals surface area contributed by atoms with Gasteiger partial charge in [0, 0.05) is 6.61 Å². The standard InChI is InChI=1S/C19H22N2O6S/c1-3-26-16(22)11-28-19-20-15-9-12(18(24)25-2)6-7-14(15)17(23)21(19)10-13-5-4-8-27-13/h6-7,9,13H,3-5,8,10-11H2,1-2H3/t13-/m1/s1. The molecule has 0 unspecified atom stereocenters. The van der Waals surface area contributed by atoms with Crippen LogP contribution in [0.1, 0.15) is 30.1 Å². The molecule has 1 aromatic carbocycles. The van der Waals surface area contributed by atoms with E-state index in [0.29, 0.717) is 34.8 Å². The van der Waals surface area contributed by atoms with Gasteiger partial charge in [-0.25, -0.2) is 9.78 Å². The van der Waals surface area contributed by atoms with Crippen LogP contribution in [-0.4, -0.2) is 53.7 Å². The number of carbonyl (C=O) groups is 2. The quantitative estimate of drug-likeness (QED) is 0.391. The van der Waals surface area contributed by atoms with Crippen LogP contribution in [0.15, 0.2) is 28.2 Å². The number of aromatic nitrogens is 2. The van der Waals surface area contributed by atoms with E-state index in [1.54, 1.807) is 23.6 Å². The Hall–Kier alpha value is -2.39. The molecule has 28 heavy (non-hydrogen) atoms. The van der Waals surface area contributed by atoms with Crippen molar-refractivity contribution in [3.63, 3.8) is 0 Å². The van der Waals surface area contributed by atoms with E-state index >= 15 is 0 Å². The number of benzene rings is 1. The molecule has 1 aromatic heterocycles. The second-order valence-corrected chi connectivity index (χ2v) is 7.20. The van der Waals surface area contributed by atoms with Crippen LogP contribution in [0.2, 0.25) is 0 Å². The second kappa shape index (κ2) is 9.20. The van der Waals surface area contributed by atoms with Crippen molar-refractivity contribution < 1.29 is 23.8 Å². The topological polar surface area (TPSA) is 96.7 Å². The average molecular weight is 406 g/mol. The highest BCUT2D eigenvalue weighted by atomic mass is 32.2. The fourth-order valence-corrected chi connectivity index (χ4v) is 3.84. The van der Waals surface area contributed by atoms with Gasteiger partial charge in [-0.15, -0.1) is 0 Å². The van der Waals surface area contributed by atoms with E-state index in [1.807, 2.05) is 0 Å². The molecule has 0 spiro atoms. The third kappa shape index (κ3) is 4.53. The first-order valence-electron chi connectivity index (χ1n) is 9.06. The molecular formula is C19H22N2O6S.